The average Bonchev–Trinajstić information content (AvgIpc) is 3.03. The molecule has 19 heavy (non-hydrogen) atoms. The summed E-state index contributed by atoms with van der Waals surface area (Å²) >= 11 is 0. The molecule has 1 aliphatic carbocycles. The minimum Gasteiger partial charge on any atom is -0.368 e. The lowest BCUT2D eigenvalue weighted by Crippen LogP contribution is -2.35. The molecule has 0 spiro atoms. The van der Waals surface area contributed by atoms with E-state index in [2.05, 4.69) is 25.1 Å². The summed E-state index contributed by atoms with van der Waals surface area (Å²) in [6.45, 7) is 1.08. The van der Waals surface area contributed by atoms with Gasteiger partial charge in [0.15, 0.2) is 5.65 Å². The number of aromatic nitrogens is 4. The van der Waals surface area contributed by atoms with E-state index in [1.807, 2.05) is 0 Å². The Morgan fingerprint density at radius 2 is 2.11 bits per heavy atom. The number of nitrogens with one attached hydrogen (secondary N) is 1. The first-order valence-corrected chi connectivity index (χ1v) is 7.06. The molecule has 2 aromatic rings. The first-order valence-electron chi connectivity index (χ1n) is 7.06. The van der Waals surface area contributed by atoms with Crippen LogP contribution in [0.5, 0.6) is 0 Å². The molecule has 100 valence electrons. The van der Waals surface area contributed by atoms with E-state index < -0.39 is 0 Å². The Labute approximate surface area is 111 Å². The van der Waals surface area contributed by atoms with Gasteiger partial charge in [0.1, 0.15) is 5.82 Å². The lowest BCUT2D eigenvalue weighted by molar-refractivity contribution is 0.341. The molecule has 2 unspecified atom stereocenters. The lowest BCUT2D eigenvalue weighted by atomic mass is 9.85. The van der Waals surface area contributed by atoms with Gasteiger partial charge in [0.25, 0.3) is 0 Å². The molecule has 1 aliphatic heterocycles. The monoisotopic (exact) mass is 258 g/mol. The van der Waals surface area contributed by atoms with Crippen molar-refractivity contribution < 1.29 is 0 Å². The summed E-state index contributed by atoms with van der Waals surface area (Å²) in [4.78, 5) is 11.1. The van der Waals surface area contributed by atoms with Gasteiger partial charge >= 0.3 is 0 Å². The van der Waals surface area contributed by atoms with Crippen LogP contribution in [-0.4, -0.2) is 32.8 Å². The summed E-state index contributed by atoms with van der Waals surface area (Å²) < 4.78 is 0. The second-order valence-corrected chi connectivity index (χ2v) is 5.63. The number of hydrogen-bond donors (Lipinski definition) is 2. The van der Waals surface area contributed by atoms with Crippen molar-refractivity contribution in [3.8, 4) is 0 Å². The Morgan fingerprint density at radius 1 is 1.21 bits per heavy atom. The standard InChI is InChI=1S/C13H18N6/c14-13-16-11-9(7-15-18-11)12(17-13)19-6-5-8-3-1-2-4-10(8)19/h7-8,10H,1-6H2,(H3,14,15,16,17,18). The van der Waals surface area contributed by atoms with Crippen molar-refractivity contribution in [1.82, 2.24) is 20.2 Å². The average molecular weight is 258 g/mol. The van der Waals surface area contributed by atoms with E-state index in [-0.39, 0.29) is 0 Å². The van der Waals surface area contributed by atoms with Gasteiger partial charge in [-0.05, 0) is 25.2 Å². The fourth-order valence-corrected chi connectivity index (χ4v) is 3.72. The summed E-state index contributed by atoms with van der Waals surface area (Å²) in [7, 11) is 0. The zero-order chi connectivity index (χ0) is 12.8. The zero-order valence-electron chi connectivity index (χ0n) is 10.8. The lowest BCUT2D eigenvalue weighted by Gasteiger charge is -2.32. The third-order valence-electron chi connectivity index (χ3n) is 4.59. The molecule has 0 aromatic carbocycles. The minimum absolute atomic E-state index is 0.325. The third kappa shape index (κ3) is 1.66. The van der Waals surface area contributed by atoms with Crippen LogP contribution in [0.1, 0.15) is 32.1 Å². The van der Waals surface area contributed by atoms with Gasteiger partial charge in [-0.25, -0.2) is 0 Å². The van der Waals surface area contributed by atoms with Gasteiger partial charge in [-0.3, -0.25) is 5.10 Å². The molecule has 2 atom stereocenters. The highest BCUT2D eigenvalue weighted by Gasteiger charge is 2.37. The first kappa shape index (κ1) is 11.0. The van der Waals surface area contributed by atoms with E-state index in [1.54, 1.807) is 6.20 Å². The molecule has 1 saturated heterocycles. The summed E-state index contributed by atoms with van der Waals surface area (Å²) in [6.07, 6.45) is 8.41. The van der Waals surface area contributed by atoms with Gasteiger partial charge < -0.3 is 10.6 Å². The van der Waals surface area contributed by atoms with Crippen LogP contribution in [0, 0.1) is 5.92 Å². The van der Waals surface area contributed by atoms with Crippen molar-refractivity contribution in [3.63, 3.8) is 0 Å². The highest BCUT2D eigenvalue weighted by atomic mass is 15.3. The molecule has 2 aliphatic rings. The zero-order valence-corrected chi connectivity index (χ0v) is 10.8. The molecule has 0 amide bonds. The van der Waals surface area contributed by atoms with Crippen molar-refractivity contribution in [2.75, 3.05) is 17.2 Å². The maximum atomic E-state index is 5.82. The van der Waals surface area contributed by atoms with Crippen LogP contribution in [0.2, 0.25) is 0 Å². The normalized spacial score (nSPS) is 26.8. The molecule has 4 rings (SSSR count). The first-order chi connectivity index (χ1) is 9.33. The second kappa shape index (κ2) is 4.08. The van der Waals surface area contributed by atoms with E-state index in [0.29, 0.717) is 12.0 Å². The summed E-state index contributed by atoms with van der Waals surface area (Å²) in [5.41, 5.74) is 6.56. The Balaban J connectivity index is 1.79. The SMILES string of the molecule is Nc1nc(N2CCC3CCCCC32)c2cn[nH]c2n1. The van der Waals surface area contributed by atoms with Gasteiger partial charge in [0.2, 0.25) is 5.95 Å². The van der Waals surface area contributed by atoms with Crippen LogP contribution in [0.15, 0.2) is 6.20 Å². The molecule has 0 bridgehead atoms. The van der Waals surface area contributed by atoms with Gasteiger partial charge in [-0.2, -0.15) is 15.1 Å². The number of aromatic amines is 1. The third-order valence-corrected chi connectivity index (χ3v) is 4.59. The Hall–Kier alpha value is -1.85. The van der Waals surface area contributed by atoms with Gasteiger partial charge in [-0.15, -0.1) is 0 Å². The van der Waals surface area contributed by atoms with Crippen LogP contribution < -0.4 is 10.6 Å². The molecule has 3 N–H and O–H groups in total. The van der Waals surface area contributed by atoms with Crippen molar-refractivity contribution in [2.45, 2.75) is 38.1 Å². The Bertz CT molecular complexity index is 606. The summed E-state index contributed by atoms with van der Waals surface area (Å²) in [6, 6.07) is 0.626. The van der Waals surface area contributed by atoms with Gasteiger partial charge in [0.05, 0.1) is 11.6 Å². The molecule has 2 fully saturated rings. The second-order valence-electron chi connectivity index (χ2n) is 5.63. The minimum atomic E-state index is 0.325. The predicted octanol–water partition coefficient (Wildman–Crippen LogP) is 1.70. The van der Waals surface area contributed by atoms with Crippen LogP contribution in [0.4, 0.5) is 11.8 Å². The number of fused-ring (bicyclic) bond motifs is 2. The Morgan fingerprint density at radius 3 is 3.05 bits per heavy atom. The number of rotatable bonds is 1. The number of nitrogens with two attached hydrogens (primary N) is 1. The number of nitrogen functional groups attached to an aromatic ring is 1. The highest BCUT2D eigenvalue weighted by molar-refractivity contribution is 5.87. The molecule has 1 saturated carbocycles. The maximum absolute atomic E-state index is 5.82. The number of anilines is 2. The van der Waals surface area contributed by atoms with Gasteiger partial charge in [-0.1, -0.05) is 12.8 Å². The van der Waals surface area contributed by atoms with Crippen molar-refractivity contribution in [1.29, 1.82) is 0 Å². The molecule has 3 heterocycles. The molecule has 2 aromatic heterocycles. The van der Waals surface area contributed by atoms with Crippen LogP contribution in [-0.2, 0) is 0 Å². The predicted molar refractivity (Wildman–Crippen MR) is 73.8 cm³/mol. The van der Waals surface area contributed by atoms with Gasteiger partial charge in [0, 0.05) is 12.6 Å². The molecule has 6 heteroatoms. The van der Waals surface area contributed by atoms with Crippen LogP contribution in [0.25, 0.3) is 11.0 Å². The molecular weight excluding hydrogens is 240 g/mol. The fourth-order valence-electron chi connectivity index (χ4n) is 3.72. The van der Waals surface area contributed by atoms with E-state index in [4.69, 9.17) is 5.73 Å². The van der Waals surface area contributed by atoms with E-state index in [1.165, 1.54) is 32.1 Å². The van der Waals surface area contributed by atoms with Crippen molar-refractivity contribution >= 4 is 22.8 Å². The number of hydrogen-bond acceptors (Lipinski definition) is 5. The molecule has 6 nitrogen and oxygen atoms in total. The van der Waals surface area contributed by atoms with E-state index >= 15 is 0 Å². The van der Waals surface area contributed by atoms with Crippen LogP contribution >= 0.6 is 0 Å². The summed E-state index contributed by atoms with van der Waals surface area (Å²) in [5, 5.41) is 7.94. The van der Waals surface area contributed by atoms with Crippen molar-refractivity contribution in [2.24, 2.45) is 5.92 Å². The topological polar surface area (TPSA) is 83.7 Å². The smallest absolute Gasteiger partial charge is 0.224 e. The largest absolute Gasteiger partial charge is 0.368 e. The van der Waals surface area contributed by atoms with Crippen molar-refractivity contribution in [3.05, 3.63) is 6.20 Å². The number of H-pyrrole nitrogens is 1. The highest BCUT2D eigenvalue weighted by Crippen LogP contribution is 2.39. The summed E-state index contributed by atoms with van der Waals surface area (Å²) in [5.74, 6) is 2.11. The maximum Gasteiger partial charge on any atom is 0.224 e. The Kier molecular flexibility index (Phi) is 2.36. The quantitative estimate of drug-likeness (QED) is 0.813. The molecule has 0 radical (unpaired) electrons. The van der Waals surface area contributed by atoms with E-state index in [9.17, 15) is 0 Å². The van der Waals surface area contributed by atoms with E-state index in [0.717, 1.165) is 29.3 Å². The molecular formula is C13H18N6. The fraction of sp³-hybridized carbons (Fsp3) is 0.615. The van der Waals surface area contributed by atoms with Crippen LogP contribution in [0.3, 0.4) is 0 Å². The number of nitrogens with zero attached hydrogens (tertiary/aromatic N) is 4.